The van der Waals surface area contributed by atoms with E-state index in [2.05, 4.69) is 59.1 Å². The number of halogens is 1. The van der Waals surface area contributed by atoms with E-state index in [0.717, 1.165) is 56.1 Å². The van der Waals surface area contributed by atoms with Crippen LogP contribution in [0.4, 0.5) is 5.69 Å². The molecule has 0 spiro atoms. The van der Waals surface area contributed by atoms with Crippen LogP contribution >= 0.6 is 11.6 Å². The van der Waals surface area contributed by atoms with Gasteiger partial charge < -0.3 is 20.5 Å². The van der Waals surface area contributed by atoms with E-state index in [-0.39, 0.29) is 69.6 Å². The van der Waals surface area contributed by atoms with Gasteiger partial charge in [0.15, 0.2) is 5.78 Å². The summed E-state index contributed by atoms with van der Waals surface area (Å²) in [6, 6.07) is 6.87. The lowest BCUT2D eigenvalue weighted by Gasteiger charge is -2.72. The summed E-state index contributed by atoms with van der Waals surface area (Å²) in [6.07, 6.45) is 7.24. The summed E-state index contributed by atoms with van der Waals surface area (Å²) in [4.78, 5) is 68.1. The molecule has 10 atom stereocenters. The van der Waals surface area contributed by atoms with Gasteiger partial charge in [0, 0.05) is 22.5 Å². The van der Waals surface area contributed by atoms with Crippen molar-refractivity contribution in [2.45, 2.75) is 152 Å². The number of carbonyl (C=O) groups is 5. The van der Waals surface area contributed by atoms with Crippen molar-refractivity contribution < 1.29 is 33.8 Å². The highest BCUT2D eigenvalue weighted by molar-refractivity contribution is 6.30. The highest BCUT2D eigenvalue weighted by Crippen LogP contribution is 2.77. The zero-order chi connectivity index (χ0) is 42.8. The number of hydrogen-bond donors (Lipinski definition) is 3. The number of hydrogen-bond acceptors (Lipinski definition) is 6. The number of carboxylic acid groups (broad SMARTS) is 1. The van der Waals surface area contributed by atoms with Crippen LogP contribution in [0.3, 0.4) is 0 Å². The second-order valence-electron chi connectivity index (χ2n) is 22.1. The molecule has 318 valence electrons. The average molecular weight is 820 g/mol. The van der Waals surface area contributed by atoms with E-state index in [0.29, 0.717) is 35.4 Å². The molecule has 5 fully saturated rings. The van der Waals surface area contributed by atoms with Crippen LogP contribution in [0.2, 0.25) is 5.02 Å². The summed E-state index contributed by atoms with van der Waals surface area (Å²) in [5, 5.41) is 16.3. The number of nitrogens with one attached hydrogen (secondary N) is 2. The molecule has 6 aliphatic carbocycles. The number of carbonyl (C=O) groups excluding carboxylic acids is 4. The Morgan fingerprint density at radius 1 is 0.828 bits per heavy atom. The fourth-order valence-corrected chi connectivity index (χ4v) is 14.5. The third kappa shape index (κ3) is 6.15. The smallest absolute Gasteiger partial charge is 0.309 e. The van der Waals surface area contributed by atoms with Gasteiger partial charge in [0.25, 0.3) is 0 Å². The number of carboxylic acids is 1. The Morgan fingerprint density at radius 3 is 2.09 bits per heavy atom. The van der Waals surface area contributed by atoms with Crippen LogP contribution in [-0.2, 0) is 28.7 Å². The maximum absolute atomic E-state index is 14.9. The maximum Gasteiger partial charge on any atom is 0.309 e. The van der Waals surface area contributed by atoms with Gasteiger partial charge in [-0.15, -0.1) is 0 Å². The number of ketones is 1. The van der Waals surface area contributed by atoms with Gasteiger partial charge in [-0.25, -0.2) is 0 Å². The van der Waals surface area contributed by atoms with Gasteiger partial charge in [0.05, 0.1) is 17.3 Å². The quantitative estimate of drug-likeness (QED) is 0.222. The predicted octanol–water partition coefficient (Wildman–Crippen LogP) is 9.81. The van der Waals surface area contributed by atoms with Gasteiger partial charge in [-0.3, -0.25) is 24.0 Å². The number of rotatable bonds is 8. The van der Waals surface area contributed by atoms with E-state index in [1.165, 1.54) is 0 Å². The van der Waals surface area contributed by atoms with E-state index in [4.69, 9.17) is 16.3 Å². The second-order valence-corrected chi connectivity index (χ2v) is 22.5. The summed E-state index contributed by atoms with van der Waals surface area (Å²) in [7, 11) is 0. The highest BCUT2D eigenvalue weighted by atomic mass is 35.5. The second kappa shape index (κ2) is 13.9. The lowest BCUT2D eigenvalue weighted by Crippen LogP contribution is -2.66. The standard InChI is InChI=1S/C48H67ClN2O7/c1-26(2)36-32(52)25-48(41(57)51-44(7,8)40(56)50-28-14-12-27(49)13-15-28)23-22-46(10)29(37(36)48)16-17-34-45(9)20-19-35(43(5,6)33(45)18-21-47(34,46)11)58-39(55)31-24-30(38(53)54)42(31,3)4/h12-15,26,29-31,33-35H,16-25H2,1-11H3,(H,50,56)(H,51,57)(H,53,54)/t29-,30+,31-,33+,34-,35+,45+,46-,47-,48-/m1/s1. The van der Waals surface area contributed by atoms with Crippen LogP contribution in [0.25, 0.3) is 0 Å². The van der Waals surface area contributed by atoms with Crippen molar-refractivity contribution >= 4 is 46.8 Å². The molecule has 9 nitrogen and oxygen atoms in total. The van der Waals surface area contributed by atoms with Crippen molar-refractivity contribution in [3.63, 3.8) is 0 Å². The molecular formula is C48H67ClN2O7. The molecule has 58 heavy (non-hydrogen) atoms. The fraction of sp³-hybridized carbons (Fsp3) is 0.729. The first-order valence-corrected chi connectivity index (χ1v) is 22.3. The number of ether oxygens (including phenoxy) is 1. The summed E-state index contributed by atoms with van der Waals surface area (Å²) in [5.74, 6) is -1.77. The van der Waals surface area contributed by atoms with Crippen LogP contribution in [0.5, 0.6) is 0 Å². The van der Waals surface area contributed by atoms with Crippen molar-refractivity contribution in [3.8, 4) is 0 Å². The first-order chi connectivity index (χ1) is 26.8. The SMILES string of the molecule is CC(C)C1=C2[C@H]3CC[C@@H]4[C@@]5(C)CC[C@H](OC(=O)[C@H]6C[C@@H](C(=O)O)C6(C)C)C(C)(C)[C@@H]5CC[C@@]4(C)[C@]3(C)CC[C@@]2(C(=O)NC(C)(C)C(=O)Nc2ccc(Cl)cc2)CC1=O. The lowest BCUT2D eigenvalue weighted by molar-refractivity contribution is -0.236. The lowest BCUT2D eigenvalue weighted by atomic mass is 9.33. The van der Waals surface area contributed by atoms with E-state index in [1.54, 1.807) is 38.1 Å². The van der Waals surface area contributed by atoms with Crippen LogP contribution in [0, 0.1) is 68.0 Å². The average Bonchev–Trinajstić information content (AvgIpc) is 3.43. The predicted molar refractivity (Wildman–Crippen MR) is 225 cm³/mol. The zero-order valence-electron chi connectivity index (χ0n) is 36.7. The molecule has 2 amide bonds. The minimum absolute atomic E-state index is 0.00562. The minimum atomic E-state index is -1.24. The van der Waals surface area contributed by atoms with E-state index < -0.39 is 34.2 Å². The molecule has 0 saturated heterocycles. The molecule has 7 rings (SSSR count). The number of benzene rings is 1. The van der Waals surface area contributed by atoms with E-state index in [9.17, 15) is 29.1 Å². The van der Waals surface area contributed by atoms with Gasteiger partial charge in [0.2, 0.25) is 11.8 Å². The fourth-order valence-electron chi connectivity index (χ4n) is 14.3. The molecule has 0 heterocycles. The van der Waals surface area contributed by atoms with Crippen molar-refractivity contribution in [2.24, 2.45) is 68.0 Å². The first kappa shape index (κ1) is 42.9. The van der Waals surface area contributed by atoms with Crippen LogP contribution < -0.4 is 10.6 Å². The van der Waals surface area contributed by atoms with E-state index in [1.807, 2.05) is 13.8 Å². The molecule has 0 radical (unpaired) electrons. The molecule has 6 aliphatic rings. The van der Waals surface area contributed by atoms with Crippen molar-refractivity contribution in [1.29, 1.82) is 0 Å². The van der Waals surface area contributed by atoms with Gasteiger partial charge in [-0.1, -0.05) is 73.9 Å². The number of amides is 2. The Kier molecular flexibility index (Phi) is 10.3. The molecule has 0 aliphatic heterocycles. The molecule has 10 heteroatoms. The van der Waals surface area contributed by atoms with Gasteiger partial charge in [-0.2, -0.15) is 0 Å². The summed E-state index contributed by atoms with van der Waals surface area (Å²) in [6.45, 7) is 23.3. The molecule has 0 bridgehead atoms. The van der Waals surface area contributed by atoms with Crippen molar-refractivity contribution in [3.05, 3.63) is 40.4 Å². The summed E-state index contributed by atoms with van der Waals surface area (Å²) >= 11 is 6.07. The number of allylic oxidation sites excluding steroid dienone is 1. The molecule has 3 N–H and O–H groups in total. The molecule has 1 aromatic carbocycles. The number of Topliss-reactive ketones (excluding diaryl/α,β-unsaturated/α-hetero) is 1. The molecule has 5 saturated carbocycles. The third-order valence-corrected chi connectivity index (χ3v) is 18.3. The minimum Gasteiger partial charge on any atom is -0.481 e. The Morgan fingerprint density at radius 2 is 1.48 bits per heavy atom. The zero-order valence-corrected chi connectivity index (χ0v) is 37.5. The topological polar surface area (TPSA) is 139 Å². The van der Waals surface area contributed by atoms with Gasteiger partial charge in [-0.05, 0) is 152 Å². The van der Waals surface area contributed by atoms with Crippen molar-refractivity contribution in [1.82, 2.24) is 5.32 Å². The number of esters is 1. The van der Waals surface area contributed by atoms with Gasteiger partial charge >= 0.3 is 11.9 Å². The van der Waals surface area contributed by atoms with Crippen LogP contribution in [0.15, 0.2) is 35.4 Å². The third-order valence-electron chi connectivity index (χ3n) is 18.0. The van der Waals surface area contributed by atoms with Crippen molar-refractivity contribution in [2.75, 3.05) is 5.32 Å². The maximum atomic E-state index is 14.9. The van der Waals surface area contributed by atoms with Crippen LogP contribution in [-0.4, -0.2) is 46.3 Å². The summed E-state index contributed by atoms with van der Waals surface area (Å²) in [5.41, 5.74) is -0.884. The first-order valence-electron chi connectivity index (χ1n) is 21.9. The van der Waals surface area contributed by atoms with E-state index >= 15 is 0 Å². The Labute approximate surface area is 350 Å². The largest absolute Gasteiger partial charge is 0.481 e. The summed E-state index contributed by atoms with van der Waals surface area (Å²) < 4.78 is 6.41. The molecule has 1 aromatic rings. The Balaban J connectivity index is 1.14. The molecule has 0 aromatic heterocycles. The highest BCUT2D eigenvalue weighted by Gasteiger charge is 2.71. The number of aliphatic carboxylic acids is 1. The van der Waals surface area contributed by atoms with Crippen LogP contribution in [0.1, 0.15) is 140 Å². The normalized spacial score (nSPS) is 38.7. The molecular weight excluding hydrogens is 752 g/mol. The molecule has 0 unspecified atom stereocenters. The Bertz CT molecular complexity index is 1950. The number of anilines is 1. The van der Waals surface area contributed by atoms with Gasteiger partial charge in [0.1, 0.15) is 11.6 Å². The number of fused-ring (bicyclic) bond motifs is 7. The monoisotopic (exact) mass is 818 g/mol. The Hall–Kier alpha value is -3.20.